The lowest BCUT2D eigenvalue weighted by molar-refractivity contribution is 1.18. The van der Waals surface area contributed by atoms with E-state index in [-0.39, 0.29) is 0 Å². The highest BCUT2D eigenvalue weighted by atomic mass is 15.1. The highest BCUT2D eigenvalue weighted by Gasteiger charge is 2.23. The van der Waals surface area contributed by atoms with Crippen LogP contribution in [0.25, 0.3) is 177 Å². The topological polar surface area (TPSA) is 16.3 Å². The van der Waals surface area contributed by atoms with E-state index in [1.165, 1.54) is 165 Å². The maximum Gasteiger partial charge on any atom is 0.0541 e. The summed E-state index contributed by atoms with van der Waals surface area (Å²) in [4.78, 5) is 4.74. The Morgan fingerprint density at radius 3 is 0.786 bits per heavy atom. The van der Waals surface area contributed by atoms with E-state index in [0.29, 0.717) is 0 Å². The zero-order valence-corrected chi connectivity index (χ0v) is 69.3. The first-order valence-electron chi connectivity index (χ1n) is 43.3. The average Bonchev–Trinajstić information content (AvgIpc) is 1.57. The highest BCUT2D eigenvalue weighted by Crippen LogP contribution is 2.47. The second kappa shape index (κ2) is 33.4. The molecule has 0 saturated heterocycles. The zero-order chi connectivity index (χ0) is 83.6. The average molecular weight is 1610 g/mol. The maximum atomic E-state index is 2.40. The van der Waals surface area contributed by atoms with Crippen LogP contribution in [0.1, 0.15) is 0 Å². The largest absolute Gasteiger partial charge is 0.310 e. The van der Waals surface area contributed by atoms with Crippen LogP contribution in [0, 0.1) is 0 Å². The molecule has 0 fully saturated rings. The molecule has 592 valence electrons. The number of hydrogen-bond acceptors (Lipinski definition) is 2. The molecule has 23 aromatic rings. The van der Waals surface area contributed by atoms with Crippen LogP contribution in [0.4, 0.5) is 34.1 Å². The molecule has 23 rings (SSSR count). The third-order valence-corrected chi connectivity index (χ3v) is 24.8. The van der Waals surface area contributed by atoms with Crippen LogP contribution in [-0.2, 0) is 0 Å². The molecule has 4 nitrogen and oxygen atoms in total. The van der Waals surface area contributed by atoms with E-state index < -0.39 is 0 Å². The summed E-state index contributed by atoms with van der Waals surface area (Å²) >= 11 is 0. The van der Waals surface area contributed by atoms with Crippen LogP contribution in [-0.4, -0.2) is 9.13 Å². The number of benzene rings is 21. The molecule has 126 heavy (non-hydrogen) atoms. The van der Waals surface area contributed by atoms with Crippen molar-refractivity contribution in [1.82, 2.24) is 9.13 Å². The number of nitrogens with zero attached hydrogens (tertiary/aromatic N) is 4. The summed E-state index contributed by atoms with van der Waals surface area (Å²) in [5.41, 5.74) is 35.5. The van der Waals surface area contributed by atoms with Crippen LogP contribution >= 0.6 is 0 Å². The molecule has 0 spiro atoms. The van der Waals surface area contributed by atoms with Gasteiger partial charge >= 0.3 is 0 Å². The summed E-state index contributed by atoms with van der Waals surface area (Å²) in [5, 5.41) is 9.83. The van der Waals surface area contributed by atoms with Crippen molar-refractivity contribution in [2.75, 3.05) is 9.80 Å². The van der Waals surface area contributed by atoms with Crippen molar-refractivity contribution in [2.24, 2.45) is 0 Å². The molecule has 4 heteroatoms. The number of fused-ring (bicyclic) bond motifs is 8. The van der Waals surface area contributed by atoms with Crippen LogP contribution in [0.5, 0.6) is 0 Å². The Labute approximate surface area is 734 Å². The summed E-state index contributed by atoms with van der Waals surface area (Å²) in [5.74, 6) is 0. The molecule has 2 aromatic heterocycles. The Morgan fingerprint density at radius 2 is 0.373 bits per heavy atom. The molecule has 0 radical (unpaired) electrons. The Balaban J connectivity index is 0.000000150. The van der Waals surface area contributed by atoms with Crippen LogP contribution in [0.15, 0.2) is 510 Å². The minimum absolute atomic E-state index is 1.11. The molecule has 21 aromatic carbocycles. The van der Waals surface area contributed by atoms with Gasteiger partial charge < -0.3 is 18.9 Å². The Bertz CT molecular complexity index is 7860. The fourth-order valence-electron chi connectivity index (χ4n) is 18.7. The monoisotopic (exact) mass is 1600 g/mol. The van der Waals surface area contributed by atoms with Gasteiger partial charge in [0.1, 0.15) is 0 Å². The van der Waals surface area contributed by atoms with Gasteiger partial charge in [0.2, 0.25) is 0 Å². The molecule has 0 unspecified atom stereocenters. The van der Waals surface area contributed by atoms with Gasteiger partial charge in [0.25, 0.3) is 0 Å². The third kappa shape index (κ3) is 14.5. The lowest BCUT2D eigenvalue weighted by atomic mass is 9.94. The van der Waals surface area contributed by atoms with Gasteiger partial charge in [-0.25, -0.2) is 0 Å². The molecule has 0 bridgehead atoms. The van der Waals surface area contributed by atoms with Gasteiger partial charge in [0.15, 0.2) is 0 Å². The van der Waals surface area contributed by atoms with Crippen molar-refractivity contribution in [1.29, 1.82) is 0 Å². The minimum atomic E-state index is 1.11. The van der Waals surface area contributed by atoms with Gasteiger partial charge in [0.05, 0.1) is 33.4 Å². The van der Waals surface area contributed by atoms with Crippen molar-refractivity contribution in [2.45, 2.75) is 0 Å². The van der Waals surface area contributed by atoms with E-state index in [0.717, 1.165) is 45.5 Å². The number of para-hydroxylation sites is 4. The normalized spacial score (nSPS) is 11.3. The summed E-state index contributed by atoms with van der Waals surface area (Å²) in [6.45, 7) is 0. The predicted molar refractivity (Wildman–Crippen MR) is 535 cm³/mol. The van der Waals surface area contributed by atoms with Gasteiger partial charge in [-0.05, 0) is 232 Å². The fraction of sp³-hybridized carbons (Fsp3) is 0. The number of anilines is 6. The van der Waals surface area contributed by atoms with E-state index in [1.807, 2.05) is 0 Å². The van der Waals surface area contributed by atoms with E-state index in [2.05, 4.69) is 529 Å². The second-order valence-electron chi connectivity index (χ2n) is 32.3. The maximum absolute atomic E-state index is 2.40. The lowest BCUT2D eigenvalue weighted by Crippen LogP contribution is -2.10. The highest BCUT2D eigenvalue weighted by molar-refractivity contribution is 6.13. The molecule has 0 amide bonds. The molecule has 0 N–H and O–H groups in total. The van der Waals surface area contributed by atoms with Crippen LogP contribution in [0.3, 0.4) is 0 Å². The summed E-state index contributed by atoms with van der Waals surface area (Å²) in [7, 11) is 0. The third-order valence-electron chi connectivity index (χ3n) is 24.8. The first-order valence-corrected chi connectivity index (χ1v) is 43.3. The molecule has 0 atom stereocenters. The molecular weight excluding hydrogens is 1520 g/mol. The molecule has 0 aliphatic heterocycles. The first-order chi connectivity index (χ1) is 62.5. The van der Waals surface area contributed by atoms with Crippen LogP contribution < -0.4 is 9.80 Å². The van der Waals surface area contributed by atoms with E-state index >= 15 is 0 Å². The predicted octanol–water partition coefficient (Wildman–Crippen LogP) is 33.8. The Kier molecular flexibility index (Phi) is 20.0. The van der Waals surface area contributed by atoms with E-state index in [4.69, 9.17) is 0 Å². The molecule has 0 aliphatic carbocycles. The van der Waals surface area contributed by atoms with Crippen molar-refractivity contribution in [3.8, 4) is 112 Å². The summed E-state index contributed by atoms with van der Waals surface area (Å²) in [6, 6.07) is 184. The van der Waals surface area contributed by atoms with Crippen molar-refractivity contribution >= 4 is 99.3 Å². The van der Waals surface area contributed by atoms with E-state index in [9.17, 15) is 0 Å². The van der Waals surface area contributed by atoms with Crippen molar-refractivity contribution < 1.29 is 0 Å². The number of aromatic nitrogens is 2. The second-order valence-corrected chi connectivity index (χ2v) is 32.3. The molecule has 2 heterocycles. The quantitative estimate of drug-likeness (QED) is 0.0903. The first kappa shape index (κ1) is 75.5. The zero-order valence-electron chi connectivity index (χ0n) is 69.3. The van der Waals surface area contributed by atoms with Gasteiger partial charge in [0, 0.05) is 66.4 Å². The number of hydrogen-bond donors (Lipinski definition) is 0. The molecule has 0 aliphatic rings. The number of rotatable bonds is 17. The summed E-state index contributed by atoms with van der Waals surface area (Å²) < 4.78 is 4.80. The van der Waals surface area contributed by atoms with Crippen molar-refractivity contribution in [3.63, 3.8) is 0 Å². The summed E-state index contributed by atoms with van der Waals surface area (Å²) in [6.07, 6.45) is 0. The minimum Gasteiger partial charge on any atom is -0.310 e. The lowest BCUT2D eigenvalue weighted by Gasteiger charge is -2.27. The molecule has 0 saturated carbocycles. The van der Waals surface area contributed by atoms with Gasteiger partial charge in [-0.3, -0.25) is 0 Å². The van der Waals surface area contributed by atoms with E-state index in [1.54, 1.807) is 0 Å². The SMILES string of the molecule is c1ccc(-c2ccc(N(c3ccccc3)c3ccc(-c4ccc(-c5ccc(-c6ccc7c(c6)c6ccccc6n7-c6cccc(-c7ccccc7)c6)cc5)cc4)c4ccccc34)cc2)cc1.c1ccc(-c2ccc(N(c3ccccc3)c3cccc4c(-c5ccc(-c6ccc7c(c6)c6ccccc6n7-c6cccc(-c7ccccc7)c6)cc5)cccc34)cc2)cc1. The van der Waals surface area contributed by atoms with Gasteiger partial charge in [-0.15, -0.1) is 0 Å². The fourth-order valence-corrected chi connectivity index (χ4v) is 18.7. The molecular formula is C122H84N4. The van der Waals surface area contributed by atoms with Crippen molar-refractivity contribution in [3.05, 3.63) is 510 Å². The van der Waals surface area contributed by atoms with Crippen LogP contribution in [0.2, 0.25) is 0 Å². The van der Waals surface area contributed by atoms with Gasteiger partial charge in [-0.1, -0.05) is 388 Å². The Hall–Kier alpha value is -16.7. The van der Waals surface area contributed by atoms with Gasteiger partial charge in [-0.2, -0.15) is 0 Å². The smallest absolute Gasteiger partial charge is 0.0541 e. The standard InChI is InChI=1S/C64H44N2.C58H40N2/c1-4-15-45(16-5-1)49-35-38-55(39-36-49)65(54-20-8-3-9-21-54)63-42-40-57(58-23-10-11-24-59(58)63)51-33-31-48(32-34-51)47-27-29-50(30-28-47)53-37-41-64-61(44-53)60-25-12-13-26-62(60)66(64)56-22-14-19-52(43-56)46-17-6-2-7-18-46;1-4-15-41(16-5-1)43-33-36-49(37-34-43)59(48-20-8-3-9-21-48)56-28-14-25-52-51(24-13-26-53(52)56)45-31-29-44(30-32-45)47-35-38-58-55(40-47)54-23-10-11-27-57(54)60(58)50-22-12-19-46(39-50)42-17-6-2-7-18-42/h1-44H;1-40H. The Morgan fingerprint density at radius 1 is 0.127 bits per heavy atom.